The van der Waals surface area contributed by atoms with E-state index in [1.54, 1.807) is 6.92 Å². The van der Waals surface area contributed by atoms with Gasteiger partial charge < -0.3 is 20.3 Å². The lowest BCUT2D eigenvalue weighted by atomic mass is 9.78. The molecule has 0 radical (unpaired) electrons. The van der Waals surface area contributed by atoms with Gasteiger partial charge in [-0.15, -0.1) is 0 Å². The number of piperidine rings is 1. The number of hydrogen-bond acceptors (Lipinski definition) is 5. The van der Waals surface area contributed by atoms with Crippen molar-refractivity contribution in [1.29, 1.82) is 0 Å². The molecule has 124 valence electrons. The first-order valence-electron chi connectivity index (χ1n) is 7.37. The lowest BCUT2D eigenvalue weighted by Gasteiger charge is -2.42. The van der Waals surface area contributed by atoms with Crippen molar-refractivity contribution in [2.45, 2.75) is 31.7 Å². The predicted molar refractivity (Wildman–Crippen MR) is 82.7 cm³/mol. The first-order valence-corrected chi connectivity index (χ1v) is 7.75. The first kappa shape index (κ1) is 15.8. The van der Waals surface area contributed by atoms with Crippen molar-refractivity contribution in [2.75, 3.05) is 18.0 Å². The third kappa shape index (κ3) is 2.67. The van der Waals surface area contributed by atoms with E-state index in [1.165, 1.54) is 0 Å². The molecule has 2 fully saturated rings. The van der Waals surface area contributed by atoms with Crippen molar-refractivity contribution in [3.05, 3.63) is 21.2 Å². The van der Waals surface area contributed by atoms with E-state index in [4.69, 9.17) is 11.6 Å². The maximum absolute atomic E-state index is 11.7. The fraction of sp³-hybridized carbons (Fsp3) is 0.571. The highest BCUT2D eigenvalue weighted by molar-refractivity contribution is 6.32. The Balaban J connectivity index is 1.83. The van der Waals surface area contributed by atoms with E-state index in [0.717, 1.165) is 0 Å². The van der Waals surface area contributed by atoms with Gasteiger partial charge in [0.1, 0.15) is 10.8 Å². The number of nitrogens with zero attached hydrogens (tertiary/aromatic N) is 2. The number of aliphatic carboxylic acids is 1. The molecule has 0 aromatic carbocycles. The summed E-state index contributed by atoms with van der Waals surface area (Å²) in [5, 5.41) is 12.2. The van der Waals surface area contributed by atoms with E-state index in [9.17, 15) is 19.5 Å². The number of rotatable bonds is 2. The molecule has 1 aromatic rings. The molecule has 1 atom stereocenters. The summed E-state index contributed by atoms with van der Waals surface area (Å²) in [5.41, 5.74) is -1.12. The normalized spacial score (nSPS) is 23.1. The van der Waals surface area contributed by atoms with Crippen LogP contribution in [0.5, 0.6) is 0 Å². The Morgan fingerprint density at radius 2 is 2.04 bits per heavy atom. The summed E-state index contributed by atoms with van der Waals surface area (Å²) < 4.78 is 0. The van der Waals surface area contributed by atoms with Crippen molar-refractivity contribution >= 4 is 29.3 Å². The number of aromatic amines is 1. The van der Waals surface area contributed by atoms with Gasteiger partial charge in [-0.2, -0.15) is 0 Å². The van der Waals surface area contributed by atoms with Gasteiger partial charge in [-0.05, 0) is 19.8 Å². The second-order valence-corrected chi connectivity index (χ2v) is 6.45. The van der Waals surface area contributed by atoms with Gasteiger partial charge in [0.25, 0.3) is 5.56 Å². The van der Waals surface area contributed by atoms with Gasteiger partial charge in [0.05, 0.1) is 11.5 Å². The summed E-state index contributed by atoms with van der Waals surface area (Å²) in [6.07, 6.45) is 0.956. The minimum absolute atomic E-state index is 0.0124. The van der Waals surface area contributed by atoms with Gasteiger partial charge in [0.15, 0.2) is 5.82 Å². The molecule has 9 heteroatoms. The van der Waals surface area contributed by atoms with Crippen LogP contribution in [-0.2, 0) is 9.59 Å². The minimum atomic E-state index is -0.958. The maximum atomic E-state index is 11.7. The molecule has 8 nitrogen and oxygen atoms in total. The molecule has 23 heavy (non-hydrogen) atoms. The first-order chi connectivity index (χ1) is 10.8. The number of carboxylic acids is 1. The Morgan fingerprint density at radius 3 is 2.65 bits per heavy atom. The number of amides is 1. The highest BCUT2D eigenvalue weighted by Gasteiger charge is 2.51. The van der Waals surface area contributed by atoms with E-state index >= 15 is 0 Å². The van der Waals surface area contributed by atoms with Crippen LogP contribution >= 0.6 is 11.6 Å². The average Bonchev–Trinajstić information content (AvgIpc) is 2.80. The number of H-pyrrole nitrogens is 1. The van der Waals surface area contributed by atoms with E-state index in [1.807, 2.05) is 4.90 Å². The summed E-state index contributed by atoms with van der Waals surface area (Å²) >= 11 is 6.04. The van der Waals surface area contributed by atoms with Crippen LogP contribution in [0.1, 0.15) is 25.1 Å². The minimum Gasteiger partial charge on any atom is -0.481 e. The number of nitrogens with one attached hydrogen (secondary N) is 2. The van der Waals surface area contributed by atoms with E-state index in [2.05, 4.69) is 15.3 Å². The van der Waals surface area contributed by atoms with Crippen molar-refractivity contribution in [3.8, 4) is 0 Å². The molecule has 1 aromatic heterocycles. The number of carbonyl (C=O) groups is 2. The summed E-state index contributed by atoms with van der Waals surface area (Å²) in [7, 11) is 0. The highest BCUT2D eigenvalue weighted by atomic mass is 35.5. The van der Waals surface area contributed by atoms with E-state index in [-0.39, 0.29) is 17.4 Å². The van der Waals surface area contributed by atoms with Crippen LogP contribution in [0, 0.1) is 12.8 Å². The van der Waals surface area contributed by atoms with Gasteiger partial charge in [-0.3, -0.25) is 14.4 Å². The zero-order valence-corrected chi connectivity index (χ0v) is 13.3. The summed E-state index contributed by atoms with van der Waals surface area (Å²) in [5.74, 6) is -1.04. The van der Waals surface area contributed by atoms with Gasteiger partial charge in [0, 0.05) is 19.5 Å². The summed E-state index contributed by atoms with van der Waals surface area (Å²) in [6, 6.07) is 0. The van der Waals surface area contributed by atoms with Crippen LogP contribution in [0.25, 0.3) is 0 Å². The Hall–Kier alpha value is -2.09. The van der Waals surface area contributed by atoms with Crippen LogP contribution in [0.3, 0.4) is 0 Å². The molecule has 0 bridgehead atoms. The van der Waals surface area contributed by atoms with Crippen LogP contribution in [0.4, 0.5) is 5.82 Å². The fourth-order valence-corrected chi connectivity index (χ4v) is 3.69. The molecule has 2 aliphatic rings. The van der Waals surface area contributed by atoms with Crippen LogP contribution in [-0.4, -0.2) is 45.6 Å². The number of aryl methyl sites for hydroxylation is 1. The lowest BCUT2D eigenvalue weighted by molar-refractivity contribution is -0.144. The lowest BCUT2D eigenvalue weighted by Crippen LogP contribution is -2.56. The number of carboxylic acid groups (broad SMARTS) is 1. The second kappa shape index (κ2) is 5.52. The predicted octanol–water partition coefficient (Wildman–Crippen LogP) is 0.291. The molecular formula is C14H17ClN4O4. The van der Waals surface area contributed by atoms with Crippen LogP contribution in [0.15, 0.2) is 4.79 Å². The molecule has 1 spiro atoms. The van der Waals surface area contributed by atoms with Crippen molar-refractivity contribution in [2.24, 2.45) is 5.92 Å². The maximum Gasteiger partial charge on any atom is 0.309 e. The molecule has 0 saturated carbocycles. The van der Waals surface area contributed by atoms with Gasteiger partial charge in [0.2, 0.25) is 5.91 Å². The zero-order chi connectivity index (χ0) is 16.8. The summed E-state index contributed by atoms with van der Waals surface area (Å²) in [6.45, 7) is 2.61. The number of hydrogen-bond donors (Lipinski definition) is 3. The van der Waals surface area contributed by atoms with Crippen LogP contribution < -0.4 is 15.8 Å². The molecule has 1 amide bonds. The topological polar surface area (TPSA) is 115 Å². The molecule has 2 saturated heterocycles. The molecule has 3 N–H and O–H groups in total. The molecule has 0 aliphatic carbocycles. The largest absolute Gasteiger partial charge is 0.481 e. The molecular weight excluding hydrogens is 324 g/mol. The Morgan fingerprint density at radius 1 is 1.39 bits per heavy atom. The second-order valence-electron chi connectivity index (χ2n) is 6.08. The monoisotopic (exact) mass is 340 g/mol. The standard InChI is InChI=1S/C14H17ClN4O4/c1-7-16-11(10(15)12(21)17-7)19-4-2-14(3-5-19)8(13(22)23)6-9(20)18-14/h8H,2-6H2,1H3,(H,18,20)(H,22,23)(H,16,17,21). The van der Waals surface area contributed by atoms with Crippen molar-refractivity contribution < 1.29 is 14.7 Å². The Kier molecular flexibility index (Phi) is 3.79. The third-order valence-corrected chi connectivity index (χ3v) is 5.00. The third-order valence-electron chi connectivity index (χ3n) is 4.66. The SMILES string of the molecule is Cc1nc(N2CCC3(CC2)NC(=O)CC3C(=O)O)c(Cl)c(=O)[nH]1. The quantitative estimate of drug-likeness (QED) is 0.712. The van der Waals surface area contributed by atoms with Crippen molar-refractivity contribution in [1.82, 2.24) is 15.3 Å². The smallest absolute Gasteiger partial charge is 0.309 e. The molecule has 2 aliphatic heterocycles. The van der Waals surface area contributed by atoms with E-state index < -0.39 is 23.0 Å². The number of carbonyl (C=O) groups excluding carboxylic acids is 1. The molecule has 3 rings (SSSR count). The van der Waals surface area contributed by atoms with Crippen LogP contribution in [0.2, 0.25) is 5.02 Å². The van der Waals surface area contributed by atoms with Gasteiger partial charge >= 0.3 is 5.97 Å². The zero-order valence-electron chi connectivity index (χ0n) is 12.6. The van der Waals surface area contributed by atoms with Crippen molar-refractivity contribution in [3.63, 3.8) is 0 Å². The number of anilines is 1. The number of halogens is 1. The van der Waals surface area contributed by atoms with Gasteiger partial charge in [-0.25, -0.2) is 4.98 Å². The molecule has 1 unspecified atom stereocenters. The summed E-state index contributed by atoms with van der Waals surface area (Å²) in [4.78, 5) is 43.5. The Labute approximate surface area is 136 Å². The average molecular weight is 341 g/mol. The fourth-order valence-electron chi connectivity index (χ4n) is 3.48. The van der Waals surface area contributed by atoms with E-state index in [0.29, 0.717) is 37.6 Å². The number of aromatic nitrogens is 2. The highest BCUT2D eigenvalue weighted by Crippen LogP contribution is 2.38. The molecule has 3 heterocycles. The van der Waals surface area contributed by atoms with Gasteiger partial charge in [-0.1, -0.05) is 11.6 Å². The Bertz CT molecular complexity index is 724.